The molecule has 4 nitrogen and oxygen atoms in total. The summed E-state index contributed by atoms with van der Waals surface area (Å²) < 4.78 is 0. The average Bonchev–Trinajstić information content (AvgIpc) is 2.54. The van der Waals surface area contributed by atoms with E-state index in [4.69, 9.17) is 0 Å². The monoisotopic (exact) mass is 336 g/mol. The minimum atomic E-state index is -0.444. The van der Waals surface area contributed by atoms with Crippen molar-refractivity contribution >= 4 is 0 Å². The molecule has 0 aliphatic heterocycles. The van der Waals surface area contributed by atoms with E-state index >= 15 is 0 Å². The summed E-state index contributed by atoms with van der Waals surface area (Å²) in [5, 5.41) is 39.9. The maximum absolute atomic E-state index is 10.4. The van der Waals surface area contributed by atoms with Gasteiger partial charge in [0.15, 0.2) is 0 Å². The third-order valence-electron chi connectivity index (χ3n) is 4.51. The molecule has 0 spiro atoms. The van der Waals surface area contributed by atoms with Crippen LogP contribution in [0.25, 0.3) is 0 Å². The van der Waals surface area contributed by atoms with E-state index in [0.29, 0.717) is 11.1 Å². The molecule has 3 rings (SSSR count). The number of aryl methyl sites for hydroxylation is 2. The largest absolute Gasteiger partial charge is 0.508 e. The first-order valence-corrected chi connectivity index (χ1v) is 7.97. The van der Waals surface area contributed by atoms with Crippen LogP contribution < -0.4 is 0 Å². The zero-order valence-electron chi connectivity index (χ0n) is 14.1. The molecule has 4 heteroatoms. The standard InChI is InChI=1S/C21H20O4/c1-12-3-4-14(9-13(12)2)21(17-7-5-15(22)10-19(17)24)18-8-6-16(23)11-20(18)25/h3-11,21-25H,1-2H3. The second kappa shape index (κ2) is 6.40. The Morgan fingerprint density at radius 2 is 1.12 bits per heavy atom. The van der Waals surface area contributed by atoms with Crippen molar-refractivity contribution in [3.63, 3.8) is 0 Å². The molecule has 128 valence electrons. The maximum Gasteiger partial charge on any atom is 0.123 e. The van der Waals surface area contributed by atoms with Gasteiger partial charge in [0.2, 0.25) is 0 Å². The van der Waals surface area contributed by atoms with Gasteiger partial charge in [-0.05, 0) is 42.7 Å². The lowest BCUT2D eigenvalue weighted by Gasteiger charge is -2.22. The minimum Gasteiger partial charge on any atom is -0.508 e. The maximum atomic E-state index is 10.4. The smallest absolute Gasteiger partial charge is 0.123 e. The van der Waals surface area contributed by atoms with Gasteiger partial charge in [-0.25, -0.2) is 0 Å². The molecule has 0 atom stereocenters. The Balaban J connectivity index is 2.25. The Morgan fingerprint density at radius 1 is 0.600 bits per heavy atom. The lowest BCUT2D eigenvalue weighted by molar-refractivity contribution is 0.440. The van der Waals surface area contributed by atoms with Gasteiger partial charge in [0.1, 0.15) is 23.0 Å². The molecule has 0 aliphatic carbocycles. The summed E-state index contributed by atoms with van der Waals surface area (Å²) in [6.45, 7) is 4.02. The highest BCUT2D eigenvalue weighted by Crippen LogP contribution is 2.42. The van der Waals surface area contributed by atoms with E-state index in [0.717, 1.165) is 16.7 Å². The van der Waals surface area contributed by atoms with Crippen molar-refractivity contribution in [2.75, 3.05) is 0 Å². The first-order valence-electron chi connectivity index (χ1n) is 7.97. The molecule has 25 heavy (non-hydrogen) atoms. The van der Waals surface area contributed by atoms with Crippen LogP contribution in [0.4, 0.5) is 0 Å². The van der Waals surface area contributed by atoms with Crippen LogP contribution in [0.5, 0.6) is 23.0 Å². The van der Waals surface area contributed by atoms with Crippen LogP contribution in [-0.4, -0.2) is 20.4 Å². The van der Waals surface area contributed by atoms with Crippen LogP contribution in [0.3, 0.4) is 0 Å². The molecule has 4 N–H and O–H groups in total. The first kappa shape index (κ1) is 16.7. The molecule has 0 bridgehead atoms. The summed E-state index contributed by atoms with van der Waals surface area (Å²) in [6, 6.07) is 14.8. The van der Waals surface area contributed by atoms with Gasteiger partial charge in [0, 0.05) is 29.2 Å². The van der Waals surface area contributed by atoms with E-state index in [1.807, 2.05) is 32.0 Å². The second-order valence-electron chi connectivity index (χ2n) is 6.26. The predicted octanol–water partition coefficient (Wildman–Crippen LogP) is 4.31. The highest BCUT2D eigenvalue weighted by molar-refractivity contribution is 5.55. The summed E-state index contributed by atoms with van der Waals surface area (Å²) in [7, 11) is 0. The molecule has 0 aliphatic rings. The van der Waals surface area contributed by atoms with Gasteiger partial charge >= 0.3 is 0 Å². The number of rotatable bonds is 3. The van der Waals surface area contributed by atoms with Gasteiger partial charge in [-0.3, -0.25) is 0 Å². The van der Waals surface area contributed by atoms with Gasteiger partial charge in [-0.15, -0.1) is 0 Å². The highest BCUT2D eigenvalue weighted by atomic mass is 16.3. The Morgan fingerprint density at radius 3 is 1.56 bits per heavy atom. The zero-order chi connectivity index (χ0) is 18.1. The van der Waals surface area contributed by atoms with Crippen molar-refractivity contribution in [3.05, 3.63) is 82.4 Å². The fraction of sp³-hybridized carbons (Fsp3) is 0.143. The fourth-order valence-corrected chi connectivity index (χ4v) is 3.02. The third kappa shape index (κ3) is 3.24. The number of aromatic hydroxyl groups is 4. The van der Waals surface area contributed by atoms with E-state index in [1.54, 1.807) is 12.1 Å². The van der Waals surface area contributed by atoms with Gasteiger partial charge in [-0.2, -0.15) is 0 Å². The molecular formula is C21H20O4. The van der Waals surface area contributed by atoms with Crippen LogP contribution in [0.15, 0.2) is 54.6 Å². The predicted molar refractivity (Wildman–Crippen MR) is 96.4 cm³/mol. The van der Waals surface area contributed by atoms with E-state index in [9.17, 15) is 20.4 Å². The molecule has 0 aromatic heterocycles. The molecule has 0 amide bonds. The van der Waals surface area contributed by atoms with Gasteiger partial charge in [0.25, 0.3) is 0 Å². The fourth-order valence-electron chi connectivity index (χ4n) is 3.02. The topological polar surface area (TPSA) is 80.9 Å². The van der Waals surface area contributed by atoms with Crippen LogP contribution in [0.1, 0.15) is 33.7 Å². The zero-order valence-corrected chi connectivity index (χ0v) is 14.1. The number of hydrogen-bond acceptors (Lipinski definition) is 4. The molecule has 0 heterocycles. The Kier molecular flexibility index (Phi) is 4.28. The SMILES string of the molecule is Cc1ccc(C(c2ccc(O)cc2O)c2ccc(O)cc2O)cc1C. The van der Waals surface area contributed by atoms with E-state index in [1.165, 1.54) is 24.3 Å². The van der Waals surface area contributed by atoms with Crippen LogP contribution in [0, 0.1) is 13.8 Å². The van der Waals surface area contributed by atoms with E-state index in [2.05, 4.69) is 0 Å². The molecule has 3 aromatic rings. The van der Waals surface area contributed by atoms with Crippen LogP contribution in [0.2, 0.25) is 0 Å². The normalized spacial score (nSPS) is 11.0. The van der Waals surface area contributed by atoms with Crippen molar-refractivity contribution in [2.24, 2.45) is 0 Å². The second-order valence-corrected chi connectivity index (χ2v) is 6.26. The molecule has 0 saturated heterocycles. The summed E-state index contributed by atoms with van der Waals surface area (Å²) in [5.74, 6) is -0.628. The molecule has 0 radical (unpaired) electrons. The van der Waals surface area contributed by atoms with Crippen molar-refractivity contribution in [1.29, 1.82) is 0 Å². The Labute approximate surface area is 146 Å². The van der Waals surface area contributed by atoms with Gasteiger partial charge in [-0.1, -0.05) is 30.3 Å². The van der Waals surface area contributed by atoms with Gasteiger partial charge < -0.3 is 20.4 Å². The number of phenols is 4. The van der Waals surface area contributed by atoms with E-state index in [-0.39, 0.29) is 23.0 Å². The van der Waals surface area contributed by atoms with Crippen molar-refractivity contribution in [1.82, 2.24) is 0 Å². The summed E-state index contributed by atoms with van der Waals surface area (Å²) in [5.41, 5.74) is 4.25. The summed E-state index contributed by atoms with van der Waals surface area (Å²) in [4.78, 5) is 0. The number of phenolic OH excluding ortho intramolecular Hbond substituents is 4. The molecule has 0 unspecified atom stereocenters. The first-order chi connectivity index (χ1) is 11.9. The average molecular weight is 336 g/mol. The number of hydrogen-bond donors (Lipinski definition) is 4. The van der Waals surface area contributed by atoms with Crippen LogP contribution in [-0.2, 0) is 0 Å². The van der Waals surface area contributed by atoms with E-state index < -0.39 is 5.92 Å². The lowest BCUT2D eigenvalue weighted by Crippen LogP contribution is -2.05. The van der Waals surface area contributed by atoms with Crippen molar-refractivity contribution < 1.29 is 20.4 Å². The van der Waals surface area contributed by atoms with Crippen molar-refractivity contribution in [3.8, 4) is 23.0 Å². The minimum absolute atomic E-state index is 0.0324. The molecule has 0 fully saturated rings. The van der Waals surface area contributed by atoms with Crippen molar-refractivity contribution in [2.45, 2.75) is 19.8 Å². The quantitative estimate of drug-likeness (QED) is 0.537. The lowest BCUT2D eigenvalue weighted by atomic mass is 9.83. The third-order valence-corrected chi connectivity index (χ3v) is 4.51. The summed E-state index contributed by atoms with van der Waals surface area (Å²) in [6.07, 6.45) is 0. The molecule has 3 aromatic carbocycles. The molecular weight excluding hydrogens is 316 g/mol. The highest BCUT2D eigenvalue weighted by Gasteiger charge is 2.23. The number of benzene rings is 3. The Hall–Kier alpha value is -3.14. The Bertz CT molecular complexity index is 880. The molecule has 0 saturated carbocycles. The van der Waals surface area contributed by atoms with Gasteiger partial charge in [0.05, 0.1) is 0 Å². The van der Waals surface area contributed by atoms with Crippen LogP contribution >= 0.6 is 0 Å². The summed E-state index contributed by atoms with van der Waals surface area (Å²) >= 11 is 0.